The minimum atomic E-state index is -0.207. The van der Waals surface area contributed by atoms with Crippen molar-refractivity contribution in [3.8, 4) is 0 Å². The van der Waals surface area contributed by atoms with Gasteiger partial charge in [0, 0.05) is 39.2 Å². The van der Waals surface area contributed by atoms with Crippen LogP contribution in [-0.4, -0.2) is 74.9 Å². The van der Waals surface area contributed by atoms with Crippen molar-refractivity contribution in [3.05, 3.63) is 35.6 Å². The summed E-state index contributed by atoms with van der Waals surface area (Å²) in [5, 5.41) is 0. The number of rotatable bonds is 5. The van der Waals surface area contributed by atoms with Crippen LogP contribution in [0.15, 0.2) is 24.3 Å². The molecule has 5 nitrogen and oxygen atoms in total. The molecule has 2 aliphatic heterocycles. The average Bonchev–Trinajstić information content (AvgIpc) is 2.63. The smallest absolute Gasteiger partial charge is 0.236 e. The van der Waals surface area contributed by atoms with Crippen LogP contribution in [0.5, 0.6) is 0 Å². The molecule has 0 aliphatic carbocycles. The molecule has 2 saturated heterocycles. The number of halogens is 1. The first kappa shape index (κ1) is 18.3. The molecule has 1 aromatic carbocycles. The average molecular weight is 350 g/mol. The molecule has 2 atom stereocenters. The number of methoxy groups -OCH3 is 1. The Morgan fingerprint density at radius 1 is 1.32 bits per heavy atom. The predicted octanol–water partition coefficient (Wildman–Crippen LogP) is 1.56. The second-order valence-electron chi connectivity index (χ2n) is 6.89. The molecule has 0 saturated carbocycles. The van der Waals surface area contributed by atoms with E-state index in [1.54, 1.807) is 19.2 Å². The third-order valence-corrected chi connectivity index (χ3v) is 5.16. The largest absolute Gasteiger partial charge is 0.381 e. The number of likely N-dealkylation sites (tertiary alicyclic amines) is 1. The molecule has 2 fully saturated rings. The number of hydrogen-bond acceptors (Lipinski definition) is 4. The number of morpholine rings is 1. The van der Waals surface area contributed by atoms with Crippen LogP contribution in [0.3, 0.4) is 0 Å². The van der Waals surface area contributed by atoms with E-state index in [1.165, 1.54) is 6.07 Å². The zero-order valence-electron chi connectivity index (χ0n) is 14.8. The zero-order chi connectivity index (χ0) is 17.6. The maximum Gasteiger partial charge on any atom is 0.236 e. The van der Waals surface area contributed by atoms with Crippen molar-refractivity contribution in [2.24, 2.45) is 5.92 Å². The van der Waals surface area contributed by atoms with Gasteiger partial charge in [0.1, 0.15) is 5.82 Å². The molecule has 0 radical (unpaired) electrons. The number of ether oxygens (including phenoxy) is 2. The Bertz CT molecular complexity index is 578. The summed E-state index contributed by atoms with van der Waals surface area (Å²) < 4.78 is 24.4. The minimum Gasteiger partial charge on any atom is -0.381 e. The third-order valence-electron chi connectivity index (χ3n) is 5.16. The van der Waals surface area contributed by atoms with E-state index in [0.717, 1.165) is 31.5 Å². The zero-order valence-corrected chi connectivity index (χ0v) is 14.8. The molecule has 0 bridgehead atoms. The van der Waals surface area contributed by atoms with Crippen molar-refractivity contribution in [2.75, 3.05) is 53.0 Å². The minimum absolute atomic E-state index is 0.151. The first-order chi connectivity index (χ1) is 12.2. The Balaban J connectivity index is 1.58. The molecule has 138 valence electrons. The van der Waals surface area contributed by atoms with E-state index >= 15 is 0 Å². The number of nitrogens with zero attached hydrogens (tertiary/aromatic N) is 2. The number of amides is 1. The fraction of sp³-hybridized carbons (Fsp3) is 0.632. The van der Waals surface area contributed by atoms with E-state index in [9.17, 15) is 9.18 Å². The lowest BCUT2D eigenvalue weighted by atomic mass is 9.88. The first-order valence-electron chi connectivity index (χ1n) is 9.01. The standard InChI is InChI=1S/C19H27FN2O3/c1-24-18-5-6-21(14-19(23)22-7-9-25-10-8-22)13-16(18)11-15-3-2-4-17(20)12-15/h2-4,12,16,18H,5-11,13-14H2,1H3/t16-,18-/m1/s1. The van der Waals surface area contributed by atoms with Crippen LogP contribution in [0.4, 0.5) is 4.39 Å². The van der Waals surface area contributed by atoms with Crippen molar-refractivity contribution >= 4 is 5.91 Å². The molecule has 0 N–H and O–H groups in total. The predicted molar refractivity (Wildman–Crippen MR) is 92.8 cm³/mol. The van der Waals surface area contributed by atoms with E-state index in [-0.39, 0.29) is 23.7 Å². The molecule has 1 aromatic rings. The highest BCUT2D eigenvalue weighted by Crippen LogP contribution is 2.24. The first-order valence-corrected chi connectivity index (χ1v) is 9.01. The molecule has 1 amide bonds. The molecule has 3 rings (SSSR count). The lowest BCUT2D eigenvalue weighted by molar-refractivity contribution is -0.137. The number of carbonyl (C=O) groups is 1. The van der Waals surface area contributed by atoms with Gasteiger partial charge < -0.3 is 14.4 Å². The van der Waals surface area contributed by atoms with Gasteiger partial charge in [0.2, 0.25) is 5.91 Å². The summed E-state index contributed by atoms with van der Waals surface area (Å²) in [5.74, 6) is 0.225. The number of benzene rings is 1. The van der Waals surface area contributed by atoms with Crippen LogP contribution in [0, 0.1) is 11.7 Å². The summed E-state index contributed by atoms with van der Waals surface area (Å²) >= 11 is 0. The number of piperidine rings is 1. The summed E-state index contributed by atoms with van der Waals surface area (Å²) in [4.78, 5) is 16.6. The highest BCUT2D eigenvalue weighted by atomic mass is 19.1. The van der Waals surface area contributed by atoms with Gasteiger partial charge in [-0.1, -0.05) is 12.1 Å². The van der Waals surface area contributed by atoms with Gasteiger partial charge in [0.05, 0.1) is 25.9 Å². The Labute approximate surface area is 148 Å². The molecule has 25 heavy (non-hydrogen) atoms. The maximum atomic E-state index is 13.5. The van der Waals surface area contributed by atoms with E-state index in [4.69, 9.17) is 9.47 Å². The summed E-state index contributed by atoms with van der Waals surface area (Å²) in [6, 6.07) is 6.75. The Kier molecular flexibility index (Phi) is 6.39. The van der Waals surface area contributed by atoms with Crippen LogP contribution in [-0.2, 0) is 20.7 Å². The molecule has 0 spiro atoms. The maximum absolute atomic E-state index is 13.5. The third kappa shape index (κ3) is 5.00. The van der Waals surface area contributed by atoms with Crippen LogP contribution in [0.2, 0.25) is 0 Å². The van der Waals surface area contributed by atoms with Gasteiger partial charge in [-0.05, 0) is 30.5 Å². The second-order valence-corrected chi connectivity index (χ2v) is 6.89. The molecular formula is C19H27FN2O3. The van der Waals surface area contributed by atoms with Gasteiger partial charge in [0.15, 0.2) is 0 Å². The molecule has 6 heteroatoms. The van der Waals surface area contributed by atoms with Crippen LogP contribution in [0.25, 0.3) is 0 Å². The van der Waals surface area contributed by atoms with E-state index in [1.807, 2.05) is 11.0 Å². The van der Waals surface area contributed by atoms with Crippen molar-refractivity contribution in [2.45, 2.75) is 18.9 Å². The lowest BCUT2D eigenvalue weighted by Gasteiger charge is -2.38. The SMILES string of the molecule is CO[C@@H]1CCN(CC(=O)N2CCOCC2)C[C@H]1Cc1cccc(F)c1. The fourth-order valence-corrected chi connectivity index (χ4v) is 3.81. The van der Waals surface area contributed by atoms with Gasteiger partial charge >= 0.3 is 0 Å². The fourth-order valence-electron chi connectivity index (χ4n) is 3.81. The van der Waals surface area contributed by atoms with Crippen molar-refractivity contribution in [3.63, 3.8) is 0 Å². The van der Waals surface area contributed by atoms with Gasteiger partial charge in [-0.2, -0.15) is 0 Å². The highest BCUT2D eigenvalue weighted by molar-refractivity contribution is 5.78. The highest BCUT2D eigenvalue weighted by Gasteiger charge is 2.31. The van der Waals surface area contributed by atoms with Crippen molar-refractivity contribution in [1.29, 1.82) is 0 Å². The molecule has 0 unspecified atom stereocenters. The van der Waals surface area contributed by atoms with E-state index in [2.05, 4.69) is 4.90 Å². The van der Waals surface area contributed by atoms with E-state index in [0.29, 0.717) is 32.8 Å². The Morgan fingerprint density at radius 3 is 2.84 bits per heavy atom. The molecule has 0 aromatic heterocycles. The summed E-state index contributed by atoms with van der Waals surface area (Å²) in [6.07, 6.45) is 1.81. The van der Waals surface area contributed by atoms with Crippen molar-refractivity contribution < 1.29 is 18.7 Å². The molecule has 2 heterocycles. The van der Waals surface area contributed by atoms with Gasteiger partial charge in [0.25, 0.3) is 0 Å². The quantitative estimate of drug-likeness (QED) is 0.808. The van der Waals surface area contributed by atoms with Crippen molar-refractivity contribution in [1.82, 2.24) is 9.80 Å². The number of carbonyl (C=O) groups excluding carboxylic acids is 1. The topological polar surface area (TPSA) is 42.0 Å². The van der Waals surface area contributed by atoms with Gasteiger partial charge in [-0.15, -0.1) is 0 Å². The molecule has 2 aliphatic rings. The Morgan fingerprint density at radius 2 is 2.12 bits per heavy atom. The van der Waals surface area contributed by atoms with Gasteiger partial charge in [-0.25, -0.2) is 4.39 Å². The normalized spacial score (nSPS) is 25.1. The summed E-state index contributed by atoms with van der Waals surface area (Å²) in [7, 11) is 1.73. The van der Waals surface area contributed by atoms with E-state index < -0.39 is 0 Å². The molecular weight excluding hydrogens is 323 g/mol. The van der Waals surface area contributed by atoms with Crippen LogP contribution in [0.1, 0.15) is 12.0 Å². The van der Waals surface area contributed by atoms with Gasteiger partial charge in [-0.3, -0.25) is 9.69 Å². The van der Waals surface area contributed by atoms with Crippen LogP contribution < -0.4 is 0 Å². The lowest BCUT2D eigenvalue weighted by Crippen LogP contribution is -2.50. The second kappa shape index (κ2) is 8.74. The number of hydrogen-bond donors (Lipinski definition) is 0. The van der Waals surface area contributed by atoms with Crippen LogP contribution >= 0.6 is 0 Å². The monoisotopic (exact) mass is 350 g/mol. The summed E-state index contributed by atoms with van der Waals surface area (Å²) in [6.45, 7) is 4.70. The summed E-state index contributed by atoms with van der Waals surface area (Å²) in [5.41, 5.74) is 0.980. The Hall–Kier alpha value is -1.50.